The molecule has 1 heterocycles. The van der Waals surface area contributed by atoms with Gasteiger partial charge in [-0.3, -0.25) is 14.5 Å². The Hall–Kier alpha value is -2.37. The van der Waals surface area contributed by atoms with Gasteiger partial charge in [0.2, 0.25) is 5.91 Å². The molecule has 148 valence electrons. The zero-order chi connectivity index (χ0) is 19.9. The minimum Gasteiger partial charge on any atom is -0.348 e. The van der Waals surface area contributed by atoms with Gasteiger partial charge in [-0.2, -0.15) is 0 Å². The van der Waals surface area contributed by atoms with Crippen molar-refractivity contribution in [2.75, 3.05) is 6.54 Å². The number of nitrogens with zero attached hydrogens (tertiary/aromatic N) is 1. The van der Waals surface area contributed by atoms with E-state index >= 15 is 0 Å². The number of unbranched alkanes of at least 4 members (excludes halogenated alkanes) is 4. The van der Waals surface area contributed by atoms with Crippen molar-refractivity contribution in [1.82, 2.24) is 15.5 Å². The van der Waals surface area contributed by atoms with Crippen molar-refractivity contribution < 1.29 is 14.4 Å². The maximum Gasteiger partial charge on any atom is 0.325 e. The molecule has 0 bridgehead atoms. The van der Waals surface area contributed by atoms with Crippen LogP contribution in [0.3, 0.4) is 0 Å². The number of imide groups is 1. The van der Waals surface area contributed by atoms with Gasteiger partial charge in [-0.25, -0.2) is 4.79 Å². The van der Waals surface area contributed by atoms with E-state index < -0.39 is 11.6 Å². The van der Waals surface area contributed by atoms with Gasteiger partial charge in [0.05, 0.1) is 6.04 Å². The molecular weight excluding hydrogens is 342 g/mol. The van der Waals surface area contributed by atoms with E-state index in [1.165, 1.54) is 6.42 Å². The molecule has 6 heteroatoms. The van der Waals surface area contributed by atoms with Gasteiger partial charge in [0.15, 0.2) is 0 Å². The lowest BCUT2D eigenvalue weighted by molar-refractivity contribution is -0.135. The Morgan fingerprint density at radius 2 is 1.81 bits per heavy atom. The van der Waals surface area contributed by atoms with Gasteiger partial charge in [0.25, 0.3) is 5.91 Å². The fraction of sp³-hybridized carbons (Fsp3) is 0.571. The lowest BCUT2D eigenvalue weighted by Gasteiger charge is -2.22. The lowest BCUT2D eigenvalue weighted by Crippen LogP contribution is -2.45. The van der Waals surface area contributed by atoms with E-state index in [1.54, 1.807) is 6.92 Å². The number of hydrogen-bond acceptors (Lipinski definition) is 3. The molecule has 0 aliphatic carbocycles. The first-order chi connectivity index (χ1) is 12.9. The summed E-state index contributed by atoms with van der Waals surface area (Å²) in [6.07, 6.45) is 6.01. The van der Waals surface area contributed by atoms with Crippen LogP contribution >= 0.6 is 0 Å². The van der Waals surface area contributed by atoms with Crippen LogP contribution < -0.4 is 10.6 Å². The maximum absolute atomic E-state index is 12.7. The summed E-state index contributed by atoms with van der Waals surface area (Å²) in [6, 6.07) is 8.89. The van der Waals surface area contributed by atoms with Crippen LogP contribution in [0.1, 0.15) is 70.9 Å². The van der Waals surface area contributed by atoms with Gasteiger partial charge in [-0.1, -0.05) is 69.4 Å². The van der Waals surface area contributed by atoms with Crippen LogP contribution in [0, 0.1) is 0 Å². The van der Waals surface area contributed by atoms with E-state index in [0.717, 1.165) is 36.1 Å². The molecule has 6 nitrogen and oxygen atoms in total. The molecule has 1 aliphatic heterocycles. The number of urea groups is 1. The SMILES string of the molecule is CCCCCCCC1(C)NC(=O)N(CC(=O)NC(C)c2ccccc2)C1=O. The highest BCUT2D eigenvalue weighted by molar-refractivity contribution is 6.08. The minimum absolute atomic E-state index is 0.190. The van der Waals surface area contributed by atoms with Crippen LogP contribution in [0.5, 0.6) is 0 Å². The summed E-state index contributed by atoms with van der Waals surface area (Å²) < 4.78 is 0. The second kappa shape index (κ2) is 9.53. The Balaban J connectivity index is 1.87. The van der Waals surface area contributed by atoms with Crippen molar-refractivity contribution in [3.63, 3.8) is 0 Å². The average molecular weight is 373 g/mol. The van der Waals surface area contributed by atoms with Crippen LogP contribution in [0.25, 0.3) is 0 Å². The quantitative estimate of drug-likeness (QED) is 0.486. The zero-order valence-corrected chi connectivity index (χ0v) is 16.6. The topological polar surface area (TPSA) is 78.5 Å². The van der Waals surface area contributed by atoms with Crippen molar-refractivity contribution in [1.29, 1.82) is 0 Å². The van der Waals surface area contributed by atoms with Crippen LogP contribution in [0.2, 0.25) is 0 Å². The van der Waals surface area contributed by atoms with Crippen molar-refractivity contribution in [3.05, 3.63) is 35.9 Å². The molecule has 2 rings (SSSR count). The van der Waals surface area contributed by atoms with Crippen molar-refractivity contribution >= 4 is 17.8 Å². The summed E-state index contributed by atoms with van der Waals surface area (Å²) in [5.41, 5.74) is 0.0641. The first kappa shape index (κ1) is 20.9. The molecule has 1 fully saturated rings. The number of hydrogen-bond donors (Lipinski definition) is 2. The molecule has 1 aromatic rings. The summed E-state index contributed by atoms with van der Waals surface area (Å²) in [5, 5.41) is 5.61. The maximum atomic E-state index is 12.7. The summed E-state index contributed by atoms with van der Waals surface area (Å²) >= 11 is 0. The Morgan fingerprint density at radius 1 is 1.15 bits per heavy atom. The fourth-order valence-corrected chi connectivity index (χ4v) is 3.40. The van der Waals surface area contributed by atoms with E-state index in [1.807, 2.05) is 37.3 Å². The number of nitrogens with one attached hydrogen (secondary N) is 2. The Labute approximate surface area is 161 Å². The van der Waals surface area contributed by atoms with Gasteiger partial charge >= 0.3 is 6.03 Å². The number of benzene rings is 1. The monoisotopic (exact) mass is 373 g/mol. The molecule has 0 aromatic heterocycles. The molecule has 0 saturated carbocycles. The second-order valence-electron chi connectivity index (χ2n) is 7.52. The smallest absolute Gasteiger partial charge is 0.325 e. The van der Waals surface area contributed by atoms with Crippen molar-refractivity contribution in [3.8, 4) is 0 Å². The first-order valence-electron chi connectivity index (χ1n) is 9.86. The molecule has 2 N–H and O–H groups in total. The molecule has 0 spiro atoms. The number of carbonyl (C=O) groups excluding carboxylic acids is 3. The normalized spacial score (nSPS) is 20.5. The van der Waals surface area contributed by atoms with E-state index in [2.05, 4.69) is 17.6 Å². The summed E-state index contributed by atoms with van der Waals surface area (Å²) in [4.78, 5) is 38.3. The van der Waals surface area contributed by atoms with E-state index in [9.17, 15) is 14.4 Å². The summed E-state index contributed by atoms with van der Waals surface area (Å²) in [6.45, 7) is 5.52. The standard InChI is InChI=1S/C21H31N3O3/c1-4-5-6-7-11-14-21(3)19(26)24(20(27)23-21)15-18(25)22-16(2)17-12-9-8-10-13-17/h8-10,12-13,16H,4-7,11,14-15H2,1-3H3,(H,22,25)(H,23,27). The molecular formula is C21H31N3O3. The van der Waals surface area contributed by atoms with Crippen LogP contribution in [0.4, 0.5) is 4.79 Å². The third-order valence-electron chi connectivity index (χ3n) is 5.10. The minimum atomic E-state index is -0.908. The molecule has 1 saturated heterocycles. The van der Waals surface area contributed by atoms with E-state index in [-0.39, 0.29) is 24.4 Å². The highest BCUT2D eigenvalue weighted by Crippen LogP contribution is 2.24. The second-order valence-corrected chi connectivity index (χ2v) is 7.52. The van der Waals surface area contributed by atoms with Crippen molar-refractivity contribution in [2.45, 2.75) is 70.9 Å². The molecule has 2 atom stereocenters. The number of amides is 4. The van der Waals surface area contributed by atoms with E-state index in [0.29, 0.717) is 6.42 Å². The summed E-state index contributed by atoms with van der Waals surface area (Å²) in [5.74, 6) is -0.660. The van der Waals surface area contributed by atoms with E-state index in [4.69, 9.17) is 0 Å². The third-order valence-corrected chi connectivity index (χ3v) is 5.10. The average Bonchev–Trinajstić information content (AvgIpc) is 2.85. The van der Waals surface area contributed by atoms with Gasteiger partial charge in [-0.05, 0) is 25.8 Å². The highest BCUT2D eigenvalue weighted by atomic mass is 16.2. The fourth-order valence-electron chi connectivity index (χ4n) is 3.40. The predicted molar refractivity (Wildman–Crippen MR) is 105 cm³/mol. The summed E-state index contributed by atoms with van der Waals surface area (Å²) in [7, 11) is 0. The molecule has 0 radical (unpaired) electrons. The Kier molecular flexibility index (Phi) is 7.39. The molecule has 4 amide bonds. The Bertz CT molecular complexity index is 662. The lowest BCUT2D eigenvalue weighted by atomic mass is 9.94. The number of rotatable bonds is 10. The van der Waals surface area contributed by atoms with Crippen LogP contribution in [0.15, 0.2) is 30.3 Å². The first-order valence-corrected chi connectivity index (χ1v) is 9.86. The molecule has 1 aliphatic rings. The van der Waals surface area contributed by atoms with Gasteiger partial charge in [0, 0.05) is 0 Å². The molecule has 27 heavy (non-hydrogen) atoms. The van der Waals surface area contributed by atoms with Crippen LogP contribution in [-0.4, -0.2) is 34.8 Å². The molecule has 1 aromatic carbocycles. The van der Waals surface area contributed by atoms with Gasteiger partial charge in [-0.15, -0.1) is 0 Å². The number of carbonyl (C=O) groups is 3. The zero-order valence-electron chi connectivity index (χ0n) is 16.6. The Morgan fingerprint density at radius 3 is 2.48 bits per heavy atom. The van der Waals surface area contributed by atoms with Crippen LogP contribution in [-0.2, 0) is 9.59 Å². The highest BCUT2D eigenvalue weighted by Gasteiger charge is 2.47. The molecule has 2 unspecified atom stereocenters. The predicted octanol–water partition coefficient (Wildman–Crippen LogP) is 3.53. The van der Waals surface area contributed by atoms with Gasteiger partial charge in [0.1, 0.15) is 12.1 Å². The largest absolute Gasteiger partial charge is 0.348 e. The van der Waals surface area contributed by atoms with Crippen molar-refractivity contribution in [2.24, 2.45) is 0 Å². The third kappa shape index (κ3) is 5.55. The van der Waals surface area contributed by atoms with Gasteiger partial charge < -0.3 is 10.6 Å².